The van der Waals surface area contributed by atoms with Crippen LogP contribution < -0.4 is 15.5 Å². The Labute approximate surface area is 247 Å². The van der Waals surface area contributed by atoms with Gasteiger partial charge in [-0.05, 0) is 61.0 Å². The molecule has 0 atom stereocenters. The summed E-state index contributed by atoms with van der Waals surface area (Å²) in [7, 11) is 0. The molecular formula is C32H28FN7O3. The van der Waals surface area contributed by atoms with Crippen LogP contribution in [-0.4, -0.2) is 58.1 Å². The predicted octanol–water partition coefficient (Wildman–Crippen LogP) is 5.51. The third-order valence-electron chi connectivity index (χ3n) is 7.01. The fourth-order valence-corrected chi connectivity index (χ4v) is 4.93. The topological polar surface area (TPSA) is 122 Å². The molecule has 1 aliphatic rings. The fourth-order valence-electron chi connectivity index (χ4n) is 4.93. The SMILES string of the molecule is CC(=O)Cc1ccc(NC(=O)Nc2ccc(-c3nc(N4CCOCC4)c4cc(F)c(-c5cncnc5)cc4n3)cc2)cc1. The number of carbonyl (C=O) groups excluding carboxylic acids is 2. The molecule has 1 fully saturated rings. The number of rotatable bonds is 7. The van der Waals surface area contributed by atoms with Crippen LogP contribution >= 0.6 is 0 Å². The zero-order valence-corrected chi connectivity index (χ0v) is 23.4. The van der Waals surface area contributed by atoms with Gasteiger partial charge in [0.05, 0.1) is 18.7 Å². The number of nitrogens with zero attached hydrogens (tertiary/aromatic N) is 5. The van der Waals surface area contributed by atoms with Crippen molar-refractivity contribution in [3.05, 3.63) is 90.8 Å². The van der Waals surface area contributed by atoms with Gasteiger partial charge < -0.3 is 20.3 Å². The van der Waals surface area contributed by atoms with Gasteiger partial charge in [0, 0.05) is 65.4 Å². The van der Waals surface area contributed by atoms with Crippen LogP contribution in [-0.2, 0) is 16.0 Å². The van der Waals surface area contributed by atoms with Gasteiger partial charge in [-0.1, -0.05) is 12.1 Å². The highest BCUT2D eigenvalue weighted by molar-refractivity contribution is 6.00. The molecule has 0 aliphatic carbocycles. The summed E-state index contributed by atoms with van der Waals surface area (Å²) in [6.07, 6.45) is 4.88. The van der Waals surface area contributed by atoms with E-state index in [-0.39, 0.29) is 5.78 Å². The average molecular weight is 578 g/mol. The van der Waals surface area contributed by atoms with Crippen molar-refractivity contribution >= 4 is 39.9 Å². The summed E-state index contributed by atoms with van der Waals surface area (Å²) >= 11 is 0. The van der Waals surface area contributed by atoms with E-state index in [4.69, 9.17) is 14.7 Å². The number of hydrogen-bond acceptors (Lipinski definition) is 8. The number of fused-ring (bicyclic) bond motifs is 1. The van der Waals surface area contributed by atoms with E-state index in [2.05, 4.69) is 25.5 Å². The number of ketones is 1. The van der Waals surface area contributed by atoms with Crippen molar-refractivity contribution in [2.75, 3.05) is 41.8 Å². The molecule has 3 heterocycles. The molecule has 43 heavy (non-hydrogen) atoms. The number of anilines is 3. The Balaban J connectivity index is 1.26. The number of aromatic nitrogens is 4. The Morgan fingerprint density at radius 2 is 1.53 bits per heavy atom. The van der Waals surface area contributed by atoms with Crippen LogP contribution in [0.2, 0.25) is 0 Å². The molecule has 0 unspecified atom stereocenters. The van der Waals surface area contributed by atoms with Crippen LogP contribution in [0.4, 0.5) is 26.4 Å². The summed E-state index contributed by atoms with van der Waals surface area (Å²) in [4.78, 5) is 43.7. The molecule has 0 saturated carbocycles. The highest BCUT2D eigenvalue weighted by Crippen LogP contribution is 2.33. The van der Waals surface area contributed by atoms with Crippen molar-refractivity contribution in [3.63, 3.8) is 0 Å². The monoisotopic (exact) mass is 577 g/mol. The van der Waals surface area contributed by atoms with Crippen LogP contribution in [0, 0.1) is 5.82 Å². The number of carbonyl (C=O) groups is 2. The first-order valence-electron chi connectivity index (χ1n) is 13.8. The van der Waals surface area contributed by atoms with E-state index in [0.717, 1.165) is 11.1 Å². The maximum absolute atomic E-state index is 15.3. The zero-order chi connectivity index (χ0) is 29.8. The Hall–Kier alpha value is -5.29. The van der Waals surface area contributed by atoms with Crippen molar-refractivity contribution < 1.29 is 18.7 Å². The molecule has 11 heteroatoms. The Bertz CT molecular complexity index is 1780. The minimum Gasteiger partial charge on any atom is -0.378 e. The van der Waals surface area contributed by atoms with E-state index in [1.54, 1.807) is 49.6 Å². The van der Waals surface area contributed by atoms with E-state index in [1.165, 1.54) is 12.4 Å². The number of morpholine rings is 1. The number of ether oxygens (including phenoxy) is 1. The number of nitrogens with one attached hydrogen (secondary N) is 2. The lowest BCUT2D eigenvalue weighted by Crippen LogP contribution is -2.37. The van der Waals surface area contributed by atoms with E-state index < -0.39 is 11.8 Å². The molecule has 0 bridgehead atoms. The second kappa shape index (κ2) is 12.3. The normalized spacial score (nSPS) is 13.1. The smallest absolute Gasteiger partial charge is 0.323 e. The van der Waals surface area contributed by atoms with Gasteiger partial charge in [0.1, 0.15) is 23.7 Å². The minimum atomic E-state index is -0.408. The second-order valence-electron chi connectivity index (χ2n) is 10.2. The van der Waals surface area contributed by atoms with Gasteiger partial charge in [-0.15, -0.1) is 0 Å². The first-order chi connectivity index (χ1) is 20.9. The number of Topliss-reactive ketones (excluding diaryl/α,β-unsaturated/α-hetero) is 1. The van der Waals surface area contributed by atoms with Crippen LogP contribution in [0.3, 0.4) is 0 Å². The van der Waals surface area contributed by atoms with Crippen molar-refractivity contribution in [2.45, 2.75) is 13.3 Å². The van der Waals surface area contributed by atoms with E-state index >= 15 is 4.39 Å². The van der Waals surface area contributed by atoms with E-state index in [9.17, 15) is 9.59 Å². The number of benzene rings is 3. The van der Waals surface area contributed by atoms with Gasteiger partial charge in [-0.2, -0.15) is 0 Å². The lowest BCUT2D eigenvalue weighted by molar-refractivity contribution is -0.116. The lowest BCUT2D eigenvalue weighted by atomic mass is 10.0. The summed E-state index contributed by atoms with van der Waals surface area (Å²) < 4.78 is 20.8. The summed E-state index contributed by atoms with van der Waals surface area (Å²) in [5, 5.41) is 6.21. The average Bonchev–Trinajstić information content (AvgIpc) is 3.02. The molecule has 1 aliphatic heterocycles. The van der Waals surface area contributed by atoms with Gasteiger partial charge in [0.2, 0.25) is 0 Å². The molecular weight excluding hydrogens is 549 g/mol. The minimum absolute atomic E-state index is 0.0780. The second-order valence-corrected chi connectivity index (χ2v) is 10.2. The fraction of sp³-hybridized carbons (Fsp3) is 0.188. The summed E-state index contributed by atoms with van der Waals surface area (Å²) in [5.74, 6) is 0.773. The van der Waals surface area contributed by atoms with Crippen molar-refractivity contribution in [2.24, 2.45) is 0 Å². The first-order valence-corrected chi connectivity index (χ1v) is 13.8. The molecule has 5 aromatic rings. The van der Waals surface area contributed by atoms with Gasteiger partial charge in [-0.25, -0.2) is 29.1 Å². The molecule has 1 saturated heterocycles. The van der Waals surface area contributed by atoms with Crippen LogP contribution in [0.25, 0.3) is 33.4 Å². The summed E-state index contributed by atoms with van der Waals surface area (Å²) in [5.41, 5.74) is 4.30. The molecule has 3 aromatic carbocycles. The van der Waals surface area contributed by atoms with Gasteiger partial charge >= 0.3 is 6.03 Å². The molecule has 0 radical (unpaired) electrons. The Kier molecular flexibility index (Phi) is 7.96. The first kappa shape index (κ1) is 27.9. The van der Waals surface area contributed by atoms with Gasteiger partial charge in [-0.3, -0.25) is 4.79 Å². The molecule has 216 valence electrons. The van der Waals surface area contributed by atoms with Crippen molar-refractivity contribution in [1.82, 2.24) is 19.9 Å². The summed E-state index contributed by atoms with van der Waals surface area (Å²) in [6, 6.07) is 17.1. The standard InChI is InChI=1S/C32H28FN7O3/c1-20(41)14-21-2-6-24(7-3-21)36-32(42)37-25-8-4-22(5-9-25)30-38-29-16-26(23-17-34-19-35-18-23)28(33)15-27(29)31(39-30)40-10-12-43-13-11-40/h2-9,15-19H,10-14H2,1H3,(H2,36,37,42). The maximum Gasteiger partial charge on any atom is 0.323 e. The van der Waals surface area contributed by atoms with Crippen LogP contribution in [0.1, 0.15) is 12.5 Å². The summed E-state index contributed by atoms with van der Waals surface area (Å²) in [6.45, 7) is 3.89. The Morgan fingerprint density at radius 3 is 2.19 bits per heavy atom. The van der Waals surface area contributed by atoms with Gasteiger partial charge in [0.15, 0.2) is 5.82 Å². The van der Waals surface area contributed by atoms with E-state index in [1.807, 2.05) is 24.3 Å². The molecule has 2 N–H and O–H groups in total. The third kappa shape index (κ3) is 6.47. The zero-order valence-electron chi connectivity index (χ0n) is 23.4. The molecule has 2 amide bonds. The van der Waals surface area contributed by atoms with Crippen LogP contribution in [0.5, 0.6) is 0 Å². The molecule has 6 rings (SSSR count). The molecule has 0 spiro atoms. The largest absolute Gasteiger partial charge is 0.378 e. The van der Waals surface area contributed by atoms with Crippen LogP contribution in [0.15, 0.2) is 79.4 Å². The molecule has 2 aromatic heterocycles. The Morgan fingerprint density at radius 1 is 0.884 bits per heavy atom. The van der Waals surface area contributed by atoms with E-state index in [0.29, 0.717) is 77.8 Å². The van der Waals surface area contributed by atoms with Crippen molar-refractivity contribution in [1.29, 1.82) is 0 Å². The number of amides is 2. The highest BCUT2D eigenvalue weighted by atomic mass is 19.1. The number of halogens is 1. The number of hydrogen-bond donors (Lipinski definition) is 2. The third-order valence-corrected chi connectivity index (χ3v) is 7.01. The lowest BCUT2D eigenvalue weighted by Gasteiger charge is -2.29. The predicted molar refractivity (Wildman–Crippen MR) is 162 cm³/mol. The molecule has 10 nitrogen and oxygen atoms in total. The maximum atomic E-state index is 15.3. The number of urea groups is 1. The van der Waals surface area contributed by atoms with Crippen molar-refractivity contribution in [3.8, 4) is 22.5 Å². The van der Waals surface area contributed by atoms with Gasteiger partial charge in [0.25, 0.3) is 0 Å². The quantitative estimate of drug-likeness (QED) is 0.260. The highest BCUT2D eigenvalue weighted by Gasteiger charge is 2.20.